The molecule has 2 aromatic rings. The Morgan fingerprint density at radius 1 is 1.08 bits per heavy atom. The van der Waals surface area contributed by atoms with Crippen molar-refractivity contribution in [2.45, 2.75) is 20.0 Å². The van der Waals surface area contributed by atoms with Crippen LogP contribution >= 0.6 is 0 Å². The molecule has 0 saturated carbocycles. The maximum Gasteiger partial charge on any atom is 0.318 e. The number of carbonyl (C=O) groups is 1. The molecule has 0 aliphatic heterocycles. The van der Waals surface area contributed by atoms with Crippen LogP contribution in [0.3, 0.4) is 0 Å². The van der Waals surface area contributed by atoms with Gasteiger partial charge in [0, 0.05) is 38.6 Å². The van der Waals surface area contributed by atoms with E-state index in [0.29, 0.717) is 19.6 Å². The Labute approximate surface area is 144 Å². The first-order valence-electron chi connectivity index (χ1n) is 8.16. The first-order chi connectivity index (χ1) is 11.5. The van der Waals surface area contributed by atoms with Gasteiger partial charge in [0.25, 0.3) is 0 Å². The Bertz CT molecular complexity index is 643. The Kier molecular flexibility index (Phi) is 6.75. The number of hydrogen-bond acceptors (Lipinski definition) is 3. The molecule has 1 aromatic heterocycles. The largest absolute Gasteiger partial charge is 0.334 e. The maximum absolute atomic E-state index is 12.6. The van der Waals surface area contributed by atoms with Gasteiger partial charge in [0.15, 0.2) is 0 Å². The van der Waals surface area contributed by atoms with Gasteiger partial charge in [-0.1, -0.05) is 29.8 Å². The van der Waals surface area contributed by atoms with Gasteiger partial charge < -0.3 is 15.1 Å². The first kappa shape index (κ1) is 17.9. The second kappa shape index (κ2) is 9.03. The maximum atomic E-state index is 12.6. The van der Waals surface area contributed by atoms with Crippen LogP contribution in [0.25, 0.3) is 0 Å². The van der Waals surface area contributed by atoms with E-state index in [1.54, 1.807) is 12.4 Å². The Morgan fingerprint density at radius 2 is 1.83 bits per heavy atom. The SMILES string of the molecule is Cc1cccc(CN(CCN(C)C)C(=O)NCc2ccncc2)c1. The molecule has 0 fully saturated rings. The zero-order chi connectivity index (χ0) is 17.4. The summed E-state index contributed by atoms with van der Waals surface area (Å²) in [6, 6.07) is 12.1. The normalized spacial score (nSPS) is 10.7. The number of nitrogens with zero attached hydrogens (tertiary/aromatic N) is 3. The molecule has 0 spiro atoms. The lowest BCUT2D eigenvalue weighted by atomic mass is 10.1. The number of likely N-dealkylation sites (N-methyl/N-ethyl adjacent to an activating group) is 1. The number of nitrogens with one attached hydrogen (secondary N) is 1. The van der Waals surface area contributed by atoms with E-state index in [2.05, 4.69) is 40.3 Å². The number of urea groups is 1. The van der Waals surface area contributed by atoms with Crippen LogP contribution in [0, 0.1) is 6.92 Å². The molecule has 5 nitrogen and oxygen atoms in total. The third kappa shape index (κ3) is 6.01. The molecule has 1 N–H and O–H groups in total. The number of aryl methyl sites for hydroxylation is 1. The van der Waals surface area contributed by atoms with Gasteiger partial charge in [-0.25, -0.2) is 4.79 Å². The molecule has 0 saturated heterocycles. The Morgan fingerprint density at radius 3 is 2.50 bits per heavy atom. The van der Waals surface area contributed by atoms with Gasteiger partial charge in [-0.15, -0.1) is 0 Å². The lowest BCUT2D eigenvalue weighted by molar-refractivity contribution is 0.188. The standard InChI is InChI=1S/C19H26N4O/c1-16-5-4-6-18(13-16)15-23(12-11-22(2)3)19(24)21-14-17-7-9-20-10-8-17/h4-10,13H,11-12,14-15H2,1-3H3,(H,21,24). The zero-order valence-corrected chi connectivity index (χ0v) is 14.7. The van der Waals surface area contributed by atoms with Crippen molar-refractivity contribution in [2.75, 3.05) is 27.2 Å². The van der Waals surface area contributed by atoms with Gasteiger partial charge in [-0.05, 0) is 44.3 Å². The topological polar surface area (TPSA) is 48.5 Å². The highest BCUT2D eigenvalue weighted by Gasteiger charge is 2.14. The third-order valence-electron chi connectivity index (χ3n) is 3.75. The highest BCUT2D eigenvalue weighted by atomic mass is 16.2. The van der Waals surface area contributed by atoms with Gasteiger partial charge >= 0.3 is 6.03 Å². The van der Waals surface area contributed by atoms with Gasteiger partial charge in [0.1, 0.15) is 0 Å². The Hall–Kier alpha value is -2.40. The molecule has 0 atom stereocenters. The fourth-order valence-corrected chi connectivity index (χ4v) is 2.39. The van der Waals surface area contributed by atoms with Crippen molar-refractivity contribution < 1.29 is 4.79 Å². The summed E-state index contributed by atoms with van der Waals surface area (Å²) in [5.41, 5.74) is 3.39. The lowest BCUT2D eigenvalue weighted by Crippen LogP contribution is -2.42. The summed E-state index contributed by atoms with van der Waals surface area (Å²) in [7, 11) is 4.03. The van der Waals surface area contributed by atoms with Gasteiger partial charge in [-0.3, -0.25) is 4.98 Å². The molecule has 2 amide bonds. The second-order valence-electron chi connectivity index (χ2n) is 6.23. The average molecular weight is 326 g/mol. The number of pyridine rings is 1. The summed E-state index contributed by atoms with van der Waals surface area (Å²) in [6.45, 7) is 4.69. The molecule has 0 bridgehead atoms. The molecule has 0 aliphatic rings. The monoisotopic (exact) mass is 326 g/mol. The van der Waals surface area contributed by atoms with Crippen LogP contribution in [0.2, 0.25) is 0 Å². The zero-order valence-electron chi connectivity index (χ0n) is 14.7. The van der Waals surface area contributed by atoms with Crippen LogP contribution in [0.1, 0.15) is 16.7 Å². The predicted octanol–water partition coefficient (Wildman–Crippen LogP) is 2.66. The van der Waals surface area contributed by atoms with Crippen molar-refractivity contribution in [3.63, 3.8) is 0 Å². The number of rotatable bonds is 7. The minimum Gasteiger partial charge on any atom is -0.334 e. The van der Waals surface area contributed by atoms with Gasteiger partial charge in [0.2, 0.25) is 0 Å². The lowest BCUT2D eigenvalue weighted by Gasteiger charge is -2.25. The van der Waals surface area contributed by atoms with Crippen LogP contribution in [0.4, 0.5) is 4.79 Å². The van der Waals surface area contributed by atoms with E-state index in [0.717, 1.165) is 17.7 Å². The van der Waals surface area contributed by atoms with Crippen LogP contribution in [-0.4, -0.2) is 48.0 Å². The fraction of sp³-hybridized carbons (Fsp3) is 0.368. The minimum absolute atomic E-state index is 0.0461. The molecule has 24 heavy (non-hydrogen) atoms. The fourth-order valence-electron chi connectivity index (χ4n) is 2.39. The summed E-state index contributed by atoms with van der Waals surface area (Å²) in [6.07, 6.45) is 3.47. The van der Waals surface area contributed by atoms with E-state index >= 15 is 0 Å². The average Bonchev–Trinajstić information content (AvgIpc) is 2.57. The molecule has 5 heteroatoms. The molecular weight excluding hydrogens is 300 g/mol. The van der Waals surface area contributed by atoms with E-state index in [1.165, 1.54) is 5.56 Å². The highest BCUT2D eigenvalue weighted by Crippen LogP contribution is 2.08. The van der Waals surface area contributed by atoms with E-state index in [1.807, 2.05) is 37.2 Å². The van der Waals surface area contributed by atoms with Crippen LogP contribution < -0.4 is 5.32 Å². The number of amides is 2. The molecular formula is C19H26N4O. The molecule has 1 heterocycles. The van der Waals surface area contributed by atoms with Crippen LogP contribution in [0.15, 0.2) is 48.8 Å². The summed E-state index contributed by atoms with van der Waals surface area (Å²) in [4.78, 5) is 20.5. The molecule has 128 valence electrons. The van der Waals surface area contributed by atoms with Crippen molar-refractivity contribution >= 4 is 6.03 Å². The van der Waals surface area contributed by atoms with Gasteiger partial charge in [-0.2, -0.15) is 0 Å². The van der Waals surface area contributed by atoms with Crippen molar-refractivity contribution in [1.29, 1.82) is 0 Å². The molecule has 2 rings (SSSR count). The van der Waals surface area contributed by atoms with Crippen molar-refractivity contribution in [3.05, 3.63) is 65.5 Å². The summed E-state index contributed by atoms with van der Waals surface area (Å²) in [5, 5.41) is 3.00. The molecule has 0 radical (unpaired) electrons. The van der Waals surface area contributed by atoms with Crippen molar-refractivity contribution in [2.24, 2.45) is 0 Å². The minimum atomic E-state index is -0.0461. The third-order valence-corrected chi connectivity index (χ3v) is 3.75. The summed E-state index contributed by atoms with van der Waals surface area (Å²) < 4.78 is 0. The molecule has 0 unspecified atom stereocenters. The van der Waals surface area contributed by atoms with E-state index < -0.39 is 0 Å². The van der Waals surface area contributed by atoms with E-state index in [-0.39, 0.29) is 6.03 Å². The van der Waals surface area contributed by atoms with Crippen molar-refractivity contribution in [1.82, 2.24) is 20.1 Å². The first-order valence-corrected chi connectivity index (χ1v) is 8.16. The number of carbonyl (C=O) groups excluding carboxylic acids is 1. The van der Waals surface area contributed by atoms with Crippen molar-refractivity contribution in [3.8, 4) is 0 Å². The predicted molar refractivity (Wildman–Crippen MR) is 96.6 cm³/mol. The molecule has 0 aliphatic carbocycles. The van der Waals surface area contributed by atoms with E-state index in [9.17, 15) is 4.79 Å². The summed E-state index contributed by atoms with van der Waals surface area (Å²) >= 11 is 0. The van der Waals surface area contributed by atoms with E-state index in [4.69, 9.17) is 0 Å². The Balaban J connectivity index is 1.99. The smallest absolute Gasteiger partial charge is 0.318 e. The summed E-state index contributed by atoms with van der Waals surface area (Å²) in [5.74, 6) is 0. The number of benzene rings is 1. The van der Waals surface area contributed by atoms with Gasteiger partial charge in [0.05, 0.1) is 0 Å². The number of aromatic nitrogens is 1. The van der Waals surface area contributed by atoms with Crippen LogP contribution in [-0.2, 0) is 13.1 Å². The quantitative estimate of drug-likeness (QED) is 0.851. The van der Waals surface area contributed by atoms with Crippen LogP contribution in [0.5, 0.6) is 0 Å². The molecule has 1 aromatic carbocycles. The second-order valence-corrected chi connectivity index (χ2v) is 6.23. The number of hydrogen-bond donors (Lipinski definition) is 1. The highest BCUT2D eigenvalue weighted by molar-refractivity contribution is 5.74.